The van der Waals surface area contributed by atoms with Crippen LogP contribution < -0.4 is 10.2 Å². The van der Waals surface area contributed by atoms with Crippen LogP contribution in [0.25, 0.3) is 10.8 Å². The first-order chi connectivity index (χ1) is 15.3. The quantitative estimate of drug-likeness (QED) is 0.424. The number of nitrogens with zero attached hydrogens (tertiary/aromatic N) is 3. The summed E-state index contributed by atoms with van der Waals surface area (Å²) in [4.78, 5) is 48.0. The number of hydrogen-bond acceptors (Lipinski definition) is 6. The van der Waals surface area contributed by atoms with E-state index >= 15 is 0 Å². The van der Waals surface area contributed by atoms with Crippen molar-refractivity contribution in [1.82, 2.24) is 0 Å². The van der Waals surface area contributed by atoms with Gasteiger partial charge in [0.05, 0.1) is 27.2 Å². The van der Waals surface area contributed by atoms with E-state index in [1.165, 1.54) is 0 Å². The second kappa shape index (κ2) is 8.06. The molecular formula is C22H18N4O6. The van der Waals surface area contributed by atoms with Gasteiger partial charge in [-0.1, -0.05) is 25.5 Å². The molecule has 1 aliphatic heterocycles. The van der Waals surface area contributed by atoms with Gasteiger partial charge in [0, 0.05) is 40.7 Å². The van der Waals surface area contributed by atoms with Crippen LogP contribution in [0.5, 0.6) is 0 Å². The van der Waals surface area contributed by atoms with Gasteiger partial charge >= 0.3 is 0 Å². The first-order valence-corrected chi connectivity index (χ1v) is 9.94. The van der Waals surface area contributed by atoms with Gasteiger partial charge in [-0.2, -0.15) is 0 Å². The zero-order valence-corrected chi connectivity index (χ0v) is 17.0. The van der Waals surface area contributed by atoms with Gasteiger partial charge in [-0.05, 0) is 24.6 Å². The summed E-state index contributed by atoms with van der Waals surface area (Å²) in [7, 11) is 0. The molecule has 32 heavy (non-hydrogen) atoms. The summed E-state index contributed by atoms with van der Waals surface area (Å²) in [5, 5.41) is 26.3. The number of nitrogens with one attached hydrogen (secondary N) is 1. The molecule has 0 radical (unpaired) electrons. The summed E-state index contributed by atoms with van der Waals surface area (Å²) in [6.07, 6.45) is 1.79. The minimum atomic E-state index is -0.792. The fourth-order valence-electron chi connectivity index (χ4n) is 3.82. The average molecular weight is 434 g/mol. The summed E-state index contributed by atoms with van der Waals surface area (Å²) < 4.78 is 0. The van der Waals surface area contributed by atoms with E-state index in [-0.39, 0.29) is 11.5 Å². The van der Waals surface area contributed by atoms with Crippen LogP contribution >= 0.6 is 0 Å². The maximum Gasteiger partial charge on any atom is 0.277 e. The minimum Gasteiger partial charge on any atom is -0.321 e. The van der Waals surface area contributed by atoms with E-state index in [4.69, 9.17) is 0 Å². The van der Waals surface area contributed by atoms with Crippen LogP contribution in [0.1, 0.15) is 40.5 Å². The molecule has 0 aliphatic carbocycles. The molecule has 3 aromatic rings. The van der Waals surface area contributed by atoms with Crippen molar-refractivity contribution in [3.63, 3.8) is 0 Å². The Bertz CT molecular complexity index is 1270. The normalized spacial score (nSPS) is 12.3. The van der Waals surface area contributed by atoms with Gasteiger partial charge in [-0.25, -0.2) is 0 Å². The Balaban J connectivity index is 1.74. The zero-order chi connectivity index (χ0) is 23.0. The summed E-state index contributed by atoms with van der Waals surface area (Å²) in [5.74, 6) is -0.832. The summed E-state index contributed by atoms with van der Waals surface area (Å²) in [5.41, 5.74) is 0.377. The molecule has 0 bridgehead atoms. The van der Waals surface area contributed by atoms with Gasteiger partial charge in [0.1, 0.15) is 0 Å². The highest BCUT2D eigenvalue weighted by Gasteiger charge is 2.30. The highest BCUT2D eigenvalue weighted by Crippen LogP contribution is 2.41. The third-order valence-corrected chi connectivity index (χ3v) is 5.35. The molecule has 0 saturated carbocycles. The van der Waals surface area contributed by atoms with E-state index in [2.05, 4.69) is 5.32 Å². The van der Waals surface area contributed by atoms with Gasteiger partial charge < -0.3 is 10.2 Å². The number of unbranched alkanes of at least 4 members (excludes halogenated alkanes) is 1. The Hall–Kier alpha value is -4.34. The number of carbonyl (C=O) groups is 2. The molecule has 1 heterocycles. The van der Waals surface area contributed by atoms with E-state index in [0.29, 0.717) is 23.2 Å². The Morgan fingerprint density at radius 3 is 2.34 bits per heavy atom. The van der Waals surface area contributed by atoms with Crippen molar-refractivity contribution >= 4 is 45.3 Å². The number of amides is 2. The first kappa shape index (κ1) is 20.9. The molecule has 4 rings (SSSR count). The lowest BCUT2D eigenvalue weighted by atomic mass is 10.0. The summed E-state index contributed by atoms with van der Waals surface area (Å²) in [6.45, 7) is 2.63. The molecule has 162 valence electrons. The van der Waals surface area contributed by atoms with E-state index < -0.39 is 27.1 Å². The largest absolute Gasteiger partial charge is 0.321 e. The Kier molecular flexibility index (Phi) is 5.27. The first-order valence-electron chi connectivity index (χ1n) is 9.94. The second-order valence-corrected chi connectivity index (χ2v) is 7.38. The lowest BCUT2D eigenvalue weighted by molar-refractivity contribution is -0.394. The van der Waals surface area contributed by atoms with Gasteiger partial charge in [0.2, 0.25) is 0 Å². The van der Waals surface area contributed by atoms with Crippen molar-refractivity contribution in [2.24, 2.45) is 0 Å². The van der Waals surface area contributed by atoms with E-state index in [0.717, 1.165) is 42.1 Å². The van der Waals surface area contributed by atoms with Crippen LogP contribution in [-0.2, 0) is 0 Å². The third kappa shape index (κ3) is 3.51. The number of anilines is 2. The minimum absolute atomic E-state index is 0.100. The zero-order valence-electron chi connectivity index (χ0n) is 17.0. The van der Waals surface area contributed by atoms with Crippen molar-refractivity contribution in [1.29, 1.82) is 0 Å². The second-order valence-electron chi connectivity index (χ2n) is 7.38. The van der Waals surface area contributed by atoms with Crippen molar-refractivity contribution in [2.75, 3.05) is 16.8 Å². The fourth-order valence-corrected chi connectivity index (χ4v) is 3.82. The van der Waals surface area contributed by atoms with Crippen LogP contribution in [0.4, 0.5) is 22.7 Å². The molecular weight excluding hydrogens is 416 g/mol. The Morgan fingerprint density at radius 2 is 1.72 bits per heavy atom. The van der Waals surface area contributed by atoms with Crippen molar-refractivity contribution in [3.05, 3.63) is 79.9 Å². The predicted octanol–water partition coefficient (Wildman–Crippen LogP) is 4.67. The lowest BCUT2D eigenvalue weighted by Gasteiger charge is -2.17. The number of hydrogen-bond donors (Lipinski definition) is 1. The molecule has 0 atom stereocenters. The van der Waals surface area contributed by atoms with E-state index in [1.54, 1.807) is 35.2 Å². The average Bonchev–Trinajstić information content (AvgIpc) is 3.06. The van der Waals surface area contributed by atoms with Crippen LogP contribution in [0.3, 0.4) is 0 Å². The molecule has 1 N–H and O–H groups in total. The molecule has 10 nitrogen and oxygen atoms in total. The molecule has 0 spiro atoms. The third-order valence-electron chi connectivity index (χ3n) is 5.35. The molecule has 2 amide bonds. The highest BCUT2D eigenvalue weighted by atomic mass is 16.6. The molecule has 10 heteroatoms. The number of benzene rings is 3. The number of nitro groups is 2. The van der Waals surface area contributed by atoms with E-state index in [9.17, 15) is 29.8 Å². The number of carbonyl (C=O) groups excluding carboxylic acids is 2. The number of rotatable bonds is 7. The maximum absolute atomic E-state index is 12.9. The molecule has 1 aliphatic rings. The Morgan fingerprint density at radius 1 is 1.03 bits per heavy atom. The van der Waals surface area contributed by atoms with Crippen molar-refractivity contribution < 1.29 is 19.4 Å². The van der Waals surface area contributed by atoms with Crippen LogP contribution in [0, 0.1) is 20.2 Å². The van der Waals surface area contributed by atoms with Crippen LogP contribution in [0.15, 0.2) is 48.5 Å². The van der Waals surface area contributed by atoms with Gasteiger partial charge in [-0.3, -0.25) is 29.8 Å². The predicted molar refractivity (Wildman–Crippen MR) is 118 cm³/mol. The van der Waals surface area contributed by atoms with Gasteiger partial charge in [0.25, 0.3) is 23.2 Å². The number of non-ortho nitro benzene ring substituents is 2. The fraction of sp³-hybridized carbons (Fsp3) is 0.182. The van der Waals surface area contributed by atoms with Gasteiger partial charge in [-0.15, -0.1) is 0 Å². The monoisotopic (exact) mass is 434 g/mol. The summed E-state index contributed by atoms with van der Waals surface area (Å²) >= 11 is 0. The summed E-state index contributed by atoms with van der Waals surface area (Å²) in [6, 6.07) is 11.4. The van der Waals surface area contributed by atoms with Crippen molar-refractivity contribution in [2.45, 2.75) is 19.8 Å². The smallest absolute Gasteiger partial charge is 0.277 e. The molecule has 0 saturated heterocycles. The van der Waals surface area contributed by atoms with E-state index in [1.807, 2.05) is 6.92 Å². The lowest BCUT2D eigenvalue weighted by Crippen LogP contribution is -2.27. The maximum atomic E-state index is 12.9. The molecule has 3 aromatic carbocycles. The van der Waals surface area contributed by atoms with Crippen LogP contribution in [0.2, 0.25) is 0 Å². The van der Waals surface area contributed by atoms with Crippen LogP contribution in [-0.4, -0.2) is 28.2 Å². The Labute approximate surface area is 181 Å². The number of nitro benzene ring substituents is 2. The SMILES string of the molecule is CCCCN1C(=O)c2cccc3c(NC(=O)c4cc([N+](=O)[O-])cc([N+](=O)[O-])c4)ccc1c23. The molecule has 0 unspecified atom stereocenters. The highest BCUT2D eigenvalue weighted by molar-refractivity contribution is 6.27. The van der Waals surface area contributed by atoms with Crippen molar-refractivity contribution in [3.8, 4) is 0 Å². The standard InChI is InChI=1S/C22H18N4O6/c1-2-3-9-24-19-8-7-18(16-5-4-6-17(20(16)19)22(24)28)23-21(27)13-10-14(25(29)30)12-15(11-13)26(31)32/h4-8,10-12H,2-3,9H2,1H3,(H,23,27). The molecule has 0 fully saturated rings. The van der Waals surface area contributed by atoms with Gasteiger partial charge in [0.15, 0.2) is 0 Å². The topological polar surface area (TPSA) is 136 Å². The molecule has 0 aromatic heterocycles.